The van der Waals surface area contributed by atoms with Crippen LogP contribution in [0, 0.1) is 0 Å². The standard InChI is InChI=1S/C12H23N3O5S/c1-12(2,5-4-10(16)17)13-11(18)14-6-8-15(9-7-14)21(3,19)20/h4-9H2,1-3H3,(H,13,18)(H,16,17). The van der Waals surface area contributed by atoms with E-state index in [1.807, 2.05) is 0 Å². The summed E-state index contributed by atoms with van der Waals surface area (Å²) in [5.41, 5.74) is -0.622. The second-order valence-electron chi connectivity index (χ2n) is 5.86. The van der Waals surface area contributed by atoms with Crippen LogP contribution in [-0.2, 0) is 14.8 Å². The van der Waals surface area contributed by atoms with Crippen molar-refractivity contribution in [3.8, 4) is 0 Å². The fourth-order valence-electron chi connectivity index (χ4n) is 2.07. The van der Waals surface area contributed by atoms with E-state index in [-0.39, 0.29) is 25.5 Å². The number of nitrogens with zero attached hydrogens (tertiary/aromatic N) is 2. The number of aliphatic carboxylic acids is 1. The quantitative estimate of drug-likeness (QED) is 0.736. The van der Waals surface area contributed by atoms with Crippen LogP contribution in [0.3, 0.4) is 0 Å². The molecule has 9 heteroatoms. The van der Waals surface area contributed by atoms with Crippen LogP contribution in [0.5, 0.6) is 0 Å². The molecule has 2 N–H and O–H groups in total. The van der Waals surface area contributed by atoms with Crippen LogP contribution in [0.1, 0.15) is 26.7 Å². The van der Waals surface area contributed by atoms with Crippen molar-refractivity contribution in [3.63, 3.8) is 0 Å². The molecule has 2 amide bonds. The molecule has 0 aromatic carbocycles. The molecule has 1 heterocycles. The van der Waals surface area contributed by atoms with E-state index in [4.69, 9.17) is 5.11 Å². The van der Waals surface area contributed by atoms with Crippen LogP contribution in [0.25, 0.3) is 0 Å². The fraction of sp³-hybridized carbons (Fsp3) is 0.833. The summed E-state index contributed by atoms with van der Waals surface area (Å²) in [6.07, 6.45) is 1.46. The van der Waals surface area contributed by atoms with Gasteiger partial charge in [-0.25, -0.2) is 13.2 Å². The molecule has 0 radical (unpaired) electrons. The Kier molecular flexibility index (Phi) is 5.57. The molecule has 122 valence electrons. The van der Waals surface area contributed by atoms with Gasteiger partial charge in [0.1, 0.15) is 0 Å². The number of carbonyl (C=O) groups is 2. The van der Waals surface area contributed by atoms with Crippen LogP contribution in [0.2, 0.25) is 0 Å². The lowest BCUT2D eigenvalue weighted by atomic mass is 9.99. The van der Waals surface area contributed by atoms with E-state index in [0.717, 1.165) is 6.26 Å². The topological polar surface area (TPSA) is 107 Å². The highest BCUT2D eigenvalue weighted by Crippen LogP contribution is 2.13. The summed E-state index contributed by atoms with van der Waals surface area (Å²) in [7, 11) is -3.22. The number of urea groups is 1. The number of hydrogen-bond acceptors (Lipinski definition) is 4. The largest absolute Gasteiger partial charge is 0.481 e. The molecule has 0 atom stereocenters. The van der Waals surface area contributed by atoms with Crippen LogP contribution in [0.15, 0.2) is 0 Å². The maximum atomic E-state index is 12.1. The van der Waals surface area contributed by atoms with Crippen LogP contribution in [0.4, 0.5) is 4.79 Å². The van der Waals surface area contributed by atoms with E-state index in [1.54, 1.807) is 18.7 Å². The van der Waals surface area contributed by atoms with Crippen molar-refractivity contribution in [1.29, 1.82) is 0 Å². The molecule has 0 aliphatic carbocycles. The van der Waals surface area contributed by atoms with Crippen molar-refractivity contribution in [3.05, 3.63) is 0 Å². The number of carboxylic acids is 1. The molecule has 1 aliphatic rings. The molecule has 0 unspecified atom stereocenters. The normalized spacial score (nSPS) is 17.6. The first-order valence-corrected chi connectivity index (χ1v) is 8.60. The van der Waals surface area contributed by atoms with Gasteiger partial charge in [-0.1, -0.05) is 0 Å². The summed E-state index contributed by atoms with van der Waals surface area (Å²) < 4.78 is 24.1. The monoisotopic (exact) mass is 321 g/mol. The Bertz CT molecular complexity index is 495. The third-order valence-electron chi connectivity index (χ3n) is 3.40. The molecule has 0 bridgehead atoms. The zero-order chi connectivity index (χ0) is 16.3. The van der Waals surface area contributed by atoms with E-state index >= 15 is 0 Å². The lowest BCUT2D eigenvalue weighted by Gasteiger charge is -2.36. The molecule has 0 saturated carbocycles. The molecule has 1 aliphatic heterocycles. The number of rotatable bonds is 5. The van der Waals surface area contributed by atoms with Crippen LogP contribution < -0.4 is 5.32 Å². The molecule has 21 heavy (non-hydrogen) atoms. The molecule has 0 aromatic heterocycles. The number of hydrogen-bond donors (Lipinski definition) is 2. The van der Waals surface area contributed by atoms with Gasteiger partial charge in [0.15, 0.2) is 0 Å². The summed E-state index contributed by atoms with van der Waals surface area (Å²) in [5, 5.41) is 11.5. The Morgan fingerprint density at radius 3 is 2.14 bits per heavy atom. The van der Waals surface area contributed by atoms with Gasteiger partial charge in [-0.3, -0.25) is 4.79 Å². The second kappa shape index (κ2) is 6.61. The Morgan fingerprint density at radius 2 is 1.71 bits per heavy atom. The van der Waals surface area contributed by atoms with Crippen LogP contribution >= 0.6 is 0 Å². The summed E-state index contributed by atoms with van der Waals surface area (Å²) in [6.45, 7) is 4.74. The Balaban J connectivity index is 2.49. The number of carboxylic acid groups (broad SMARTS) is 1. The van der Waals surface area contributed by atoms with Gasteiger partial charge >= 0.3 is 12.0 Å². The summed E-state index contributed by atoms with van der Waals surface area (Å²) in [5.74, 6) is -0.904. The van der Waals surface area contributed by atoms with Crippen LogP contribution in [-0.4, -0.2) is 72.7 Å². The van der Waals surface area contributed by atoms with E-state index < -0.39 is 21.5 Å². The molecular weight excluding hydrogens is 298 g/mol. The second-order valence-corrected chi connectivity index (χ2v) is 7.84. The van der Waals surface area contributed by atoms with Crippen molar-refractivity contribution in [2.45, 2.75) is 32.2 Å². The summed E-state index contributed by atoms with van der Waals surface area (Å²) in [4.78, 5) is 24.2. The zero-order valence-electron chi connectivity index (χ0n) is 12.6. The maximum Gasteiger partial charge on any atom is 0.317 e. The zero-order valence-corrected chi connectivity index (χ0v) is 13.4. The van der Waals surface area contributed by atoms with E-state index in [1.165, 1.54) is 4.31 Å². The first-order chi connectivity index (χ1) is 9.51. The van der Waals surface area contributed by atoms with E-state index in [9.17, 15) is 18.0 Å². The maximum absolute atomic E-state index is 12.1. The first kappa shape index (κ1) is 17.7. The lowest BCUT2D eigenvalue weighted by molar-refractivity contribution is -0.137. The minimum Gasteiger partial charge on any atom is -0.481 e. The van der Waals surface area contributed by atoms with Gasteiger partial charge in [0.25, 0.3) is 0 Å². The molecule has 8 nitrogen and oxygen atoms in total. The SMILES string of the molecule is CC(C)(CCC(=O)O)NC(=O)N1CCN(S(C)(=O)=O)CC1. The Hall–Kier alpha value is -1.35. The fourth-order valence-corrected chi connectivity index (χ4v) is 2.90. The predicted molar refractivity (Wildman–Crippen MR) is 77.5 cm³/mol. The smallest absolute Gasteiger partial charge is 0.317 e. The molecule has 1 fully saturated rings. The van der Waals surface area contributed by atoms with Crippen molar-refractivity contribution >= 4 is 22.0 Å². The number of sulfonamides is 1. The first-order valence-electron chi connectivity index (χ1n) is 6.75. The Labute approximate surface area is 125 Å². The highest BCUT2D eigenvalue weighted by molar-refractivity contribution is 7.88. The third-order valence-corrected chi connectivity index (χ3v) is 4.71. The molecule has 0 spiro atoms. The minimum absolute atomic E-state index is 0.0187. The lowest BCUT2D eigenvalue weighted by Crippen LogP contribution is -2.56. The van der Waals surface area contributed by atoms with E-state index in [0.29, 0.717) is 19.5 Å². The third kappa shape index (κ3) is 5.88. The van der Waals surface area contributed by atoms with Gasteiger partial charge in [-0.2, -0.15) is 4.31 Å². The molecule has 1 rings (SSSR count). The number of amides is 2. The number of piperazine rings is 1. The van der Waals surface area contributed by atoms with Gasteiger partial charge in [-0.15, -0.1) is 0 Å². The minimum atomic E-state index is -3.22. The number of carbonyl (C=O) groups excluding carboxylic acids is 1. The number of nitrogens with one attached hydrogen (secondary N) is 1. The van der Waals surface area contributed by atoms with Crippen molar-refractivity contribution in [2.75, 3.05) is 32.4 Å². The highest BCUT2D eigenvalue weighted by atomic mass is 32.2. The average Bonchev–Trinajstić information content (AvgIpc) is 2.35. The van der Waals surface area contributed by atoms with Gasteiger partial charge in [0.05, 0.1) is 6.26 Å². The Morgan fingerprint density at radius 1 is 1.19 bits per heavy atom. The van der Waals surface area contributed by atoms with Gasteiger partial charge in [-0.05, 0) is 20.3 Å². The van der Waals surface area contributed by atoms with Gasteiger partial charge in [0, 0.05) is 38.1 Å². The average molecular weight is 321 g/mol. The molecular formula is C12H23N3O5S. The van der Waals surface area contributed by atoms with Gasteiger partial charge in [0.2, 0.25) is 10.0 Å². The summed E-state index contributed by atoms with van der Waals surface area (Å²) >= 11 is 0. The predicted octanol–water partition coefficient (Wildman–Crippen LogP) is -0.0834. The van der Waals surface area contributed by atoms with Crippen molar-refractivity contribution in [1.82, 2.24) is 14.5 Å². The van der Waals surface area contributed by atoms with Crippen molar-refractivity contribution < 1.29 is 23.1 Å². The summed E-state index contributed by atoms with van der Waals surface area (Å²) in [6, 6.07) is -0.293. The van der Waals surface area contributed by atoms with Crippen molar-refractivity contribution in [2.24, 2.45) is 0 Å². The molecule has 0 aromatic rings. The van der Waals surface area contributed by atoms with E-state index in [2.05, 4.69) is 5.32 Å². The highest BCUT2D eigenvalue weighted by Gasteiger charge is 2.29. The molecule has 1 saturated heterocycles. The van der Waals surface area contributed by atoms with Gasteiger partial charge < -0.3 is 15.3 Å².